The number of carbonyl (C=O) groups excluding carboxylic acids is 2. The van der Waals surface area contributed by atoms with E-state index in [0.717, 1.165) is 4.88 Å². The highest BCUT2D eigenvalue weighted by Crippen LogP contribution is 2.26. The number of ether oxygens (including phenoxy) is 1. The van der Waals surface area contributed by atoms with Crippen molar-refractivity contribution in [2.24, 2.45) is 0 Å². The summed E-state index contributed by atoms with van der Waals surface area (Å²) in [4.78, 5) is 25.1. The molecule has 1 aliphatic heterocycles. The summed E-state index contributed by atoms with van der Waals surface area (Å²) in [5.74, 6) is -0.932. The Kier molecular flexibility index (Phi) is 6.88. The molecule has 1 aliphatic rings. The van der Waals surface area contributed by atoms with Gasteiger partial charge in [-0.25, -0.2) is 8.42 Å². The molecule has 0 unspecified atom stereocenters. The van der Waals surface area contributed by atoms with Crippen LogP contribution in [0.4, 0.5) is 0 Å². The van der Waals surface area contributed by atoms with E-state index in [-0.39, 0.29) is 18.0 Å². The fraction of sp³-hybridized carbons (Fsp3) is 0.368. The molecule has 1 fully saturated rings. The summed E-state index contributed by atoms with van der Waals surface area (Å²) in [6, 6.07) is 9.53. The molecule has 2 N–H and O–H groups in total. The van der Waals surface area contributed by atoms with E-state index in [4.69, 9.17) is 4.74 Å². The molecule has 156 valence electrons. The van der Waals surface area contributed by atoms with Crippen LogP contribution in [0.15, 0.2) is 46.7 Å². The zero-order valence-corrected chi connectivity index (χ0v) is 17.6. The molecule has 2 heterocycles. The molecular formula is C19H23N3O5S2. The zero-order chi connectivity index (χ0) is 20.9. The number of carbonyl (C=O) groups is 2. The van der Waals surface area contributed by atoms with E-state index in [0.29, 0.717) is 25.1 Å². The first-order valence-corrected chi connectivity index (χ1v) is 11.5. The Morgan fingerprint density at radius 3 is 2.55 bits per heavy atom. The Morgan fingerprint density at radius 2 is 1.90 bits per heavy atom. The number of hydrogen-bond donors (Lipinski definition) is 2. The highest BCUT2D eigenvalue weighted by atomic mass is 32.2. The van der Waals surface area contributed by atoms with Gasteiger partial charge in [0.05, 0.1) is 18.6 Å². The van der Waals surface area contributed by atoms with Gasteiger partial charge in [-0.05, 0) is 48.6 Å². The summed E-state index contributed by atoms with van der Waals surface area (Å²) in [5, 5.41) is 7.00. The third-order valence-corrected chi connectivity index (χ3v) is 7.54. The minimum absolute atomic E-state index is 0.0840. The van der Waals surface area contributed by atoms with Gasteiger partial charge >= 0.3 is 11.8 Å². The van der Waals surface area contributed by atoms with Crippen molar-refractivity contribution in [1.29, 1.82) is 0 Å². The molecule has 1 atom stereocenters. The van der Waals surface area contributed by atoms with Crippen LogP contribution in [0.25, 0.3) is 0 Å². The van der Waals surface area contributed by atoms with E-state index < -0.39 is 27.9 Å². The number of nitrogens with zero attached hydrogens (tertiary/aromatic N) is 1. The summed E-state index contributed by atoms with van der Waals surface area (Å²) in [7, 11) is -2.18. The molecule has 10 heteroatoms. The molecule has 0 bridgehead atoms. The first kappa shape index (κ1) is 21.3. The lowest BCUT2D eigenvalue weighted by atomic mass is 10.2. The van der Waals surface area contributed by atoms with Gasteiger partial charge in [0.1, 0.15) is 5.75 Å². The molecule has 0 spiro atoms. The summed E-state index contributed by atoms with van der Waals surface area (Å²) in [6.07, 6.45) is 1.31. The molecule has 0 saturated carbocycles. The number of amides is 2. The average molecular weight is 438 g/mol. The van der Waals surface area contributed by atoms with Crippen molar-refractivity contribution >= 4 is 33.2 Å². The lowest BCUT2D eigenvalue weighted by Crippen LogP contribution is -2.46. The van der Waals surface area contributed by atoms with Gasteiger partial charge in [0, 0.05) is 24.0 Å². The number of methoxy groups -OCH3 is 1. The van der Waals surface area contributed by atoms with E-state index in [1.54, 1.807) is 12.1 Å². The molecule has 1 saturated heterocycles. The second-order valence-electron chi connectivity index (χ2n) is 6.56. The normalized spacial score (nSPS) is 17.1. The molecule has 8 nitrogen and oxygen atoms in total. The summed E-state index contributed by atoms with van der Waals surface area (Å²) in [6.45, 7) is 0.742. The van der Waals surface area contributed by atoms with Crippen molar-refractivity contribution in [3.63, 3.8) is 0 Å². The second-order valence-corrected chi connectivity index (χ2v) is 9.48. The maximum atomic E-state index is 13.0. The summed E-state index contributed by atoms with van der Waals surface area (Å²) in [5.41, 5.74) is 0. The van der Waals surface area contributed by atoms with Crippen molar-refractivity contribution in [2.45, 2.75) is 30.3 Å². The number of hydrogen-bond acceptors (Lipinski definition) is 6. The molecule has 29 heavy (non-hydrogen) atoms. The van der Waals surface area contributed by atoms with E-state index in [1.165, 1.54) is 34.9 Å². The fourth-order valence-electron chi connectivity index (χ4n) is 3.16. The highest BCUT2D eigenvalue weighted by molar-refractivity contribution is 7.89. The number of rotatable bonds is 7. The maximum Gasteiger partial charge on any atom is 0.309 e. The second kappa shape index (κ2) is 9.38. The molecular weight excluding hydrogens is 414 g/mol. The molecule has 2 aromatic rings. The minimum Gasteiger partial charge on any atom is -0.497 e. The van der Waals surface area contributed by atoms with Crippen LogP contribution in [-0.4, -0.2) is 50.8 Å². The van der Waals surface area contributed by atoms with Gasteiger partial charge in [0.15, 0.2) is 0 Å². The van der Waals surface area contributed by atoms with Gasteiger partial charge in [0.25, 0.3) is 0 Å². The largest absolute Gasteiger partial charge is 0.497 e. The van der Waals surface area contributed by atoms with Gasteiger partial charge in [-0.15, -0.1) is 11.3 Å². The minimum atomic E-state index is -3.69. The molecule has 1 aromatic carbocycles. The number of benzene rings is 1. The van der Waals surface area contributed by atoms with Gasteiger partial charge in [-0.2, -0.15) is 4.31 Å². The Labute approximate surface area is 173 Å². The van der Waals surface area contributed by atoms with Crippen LogP contribution in [0.3, 0.4) is 0 Å². The fourth-order valence-corrected chi connectivity index (χ4v) is 5.50. The molecule has 0 aliphatic carbocycles. The Bertz CT molecular complexity index is 943. The van der Waals surface area contributed by atoms with E-state index in [2.05, 4.69) is 10.6 Å². The van der Waals surface area contributed by atoms with Gasteiger partial charge in [-0.1, -0.05) is 6.07 Å². The SMILES string of the molecule is COc1ccc(S(=O)(=O)N2CCC[C@H]2CNC(=O)C(=O)NCc2cccs2)cc1. The van der Waals surface area contributed by atoms with E-state index >= 15 is 0 Å². The zero-order valence-electron chi connectivity index (χ0n) is 16.0. The summed E-state index contributed by atoms with van der Waals surface area (Å²) < 4.78 is 32.4. The quantitative estimate of drug-likeness (QED) is 0.636. The Morgan fingerprint density at radius 1 is 1.17 bits per heavy atom. The van der Waals surface area contributed by atoms with Crippen LogP contribution in [-0.2, 0) is 26.2 Å². The van der Waals surface area contributed by atoms with Crippen LogP contribution >= 0.6 is 11.3 Å². The summed E-state index contributed by atoms with van der Waals surface area (Å²) >= 11 is 1.49. The number of sulfonamides is 1. The third kappa shape index (κ3) is 5.14. The van der Waals surface area contributed by atoms with Crippen molar-refractivity contribution in [3.8, 4) is 5.75 Å². The maximum absolute atomic E-state index is 13.0. The molecule has 1 aromatic heterocycles. The van der Waals surface area contributed by atoms with Crippen LogP contribution in [0.5, 0.6) is 5.75 Å². The average Bonchev–Trinajstić information content (AvgIpc) is 3.42. The van der Waals surface area contributed by atoms with Crippen molar-refractivity contribution in [2.75, 3.05) is 20.2 Å². The predicted molar refractivity (Wildman–Crippen MR) is 109 cm³/mol. The molecule has 2 amide bonds. The van der Waals surface area contributed by atoms with Crippen molar-refractivity contribution in [1.82, 2.24) is 14.9 Å². The van der Waals surface area contributed by atoms with Gasteiger partial charge in [-0.3, -0.25) is 9.59 Å². The first-order chi connectivity index (χ1) is 13.9. The van der Waals surface area contributed by atoms with Gasteiger partial charge in [0.2, 0.25) is 10.0 Å². The lowest BCUT2D eigenvalue weighted by molar-refractivity contribution is -0.139. The van der Waals surface area contributed by atoms with Crippen LogP contribution in [0, 0.1) is 0 Å². The first-order valence-electron chi connectivity index (χ1n) is 9.16. The third-order valence-electron chi connectivity index (χ3n) is 4.70. The number of nitrogens with one attached hydrogen (secondary N) is 2. The topological polar surface area (TPSA) is 105 Å². The standard InChI is InChI=1S/C19H23N3O5S2/c1-27-15-6-8-17(9-7-15)29(25,26)22-10-2-4-14(22)12-20-18(23)19(24)21-13-16-5-3-11-28-16/h3,5-9,11,14H,2,4,10,12-13H2,1H3,(H,20,23)(H,21,24)/t14-/m0/s1. The highest BCUT2D eigenvalue weighted by Gasteiger charge is 2.35. The van der Waals surface area contributed by atoms with Crippen LogP contribution in [0.1, 0.15) is 17.7 Å². The predicted octanol–water partition coefficient (Wildman–Crippen LogP) is 1.34. The smallest absolute Gasteiger partial charge is 0.309 e. The molecule has 0 radical (unpaired) electrons. The van der Waals surface area contributed by atoms with Crippen molar-refractivity contribution < 1.29 is 22.7 Å². The van der Waals surface area contributed by atoms with E-state index in [9.17, 15) is 18.0 Å². The lowest BCUT2D eigenvalue weighted by Gasteiger charge is -2.24. The van der Waals surface area contributed by atoms with Gasteiger partial charge < -0.3 is 15.4 Å². The van der Waals surface area contributed by atoms with Crippen LogP contribution < -0.4 is 15.4 Å². The van der Waals surface area contributed by atoms with Crippen molar-refractivity contribution in [3.05, 3.63) is 46.7 Å². The Hall–Kier alpha value is -2.43. The Balaban J connectivity index is 1.57. The monoisotopic (exact) mass is 437 g/mol. The van der Waals surface area contributed by atoms with Crippen LogP contribution in [0.2, 0.25) is 0 Å². The number of thiophene rings is 1. The van der Waals surface area contributed by atoms with E-state index in [1.807, 2.05) is 17.5 Å². The molecule has 3 rings (SSSR count).